The lowest BCUT2D eigenvalue weighted by atomic mass is 10.0. The Hall–Kier alpha value is -3.89. The van der Waals surface area contributed by atoms with Crippen LogP contribution in [-0.4, -0.2) is 10.5 Å². The van der Waals surface area contributed by atoms with Crippen LogP contribution in [0.25, 0.3) is 38.6 Å². The summed E-state index contributed by atoms with van der Waals surface area (Å²) < 4.78 is 2.28. The molecule has 140 valence electrons. The average Bonchev–Trinajstić information content (AvgIpc) is 3.13. The molecule has 0 saturated heterocycles. The highest BCUT2D eigenvalue weighted by atomic mass is 16.2. The van der Waals surface area contributed by atoms with Crippen molar-refractivity contribution in [3.63, 3.8) is 0 Å². The van der Waals surface area contributed by atoms with Gasteiger partial charge in [0, 0.05) is 22.0 Å². The molecule has 0 radical (unpaired) electrons. The highest BCUT2D eigenvalue weighted by Crippen LogP contribution is 2.34. The summed E-state index contributed by atoms with van der Waals surface area (Å²) in [6.45, 7) is 0. The van der Waals surface area contributed by atoms with Crippen LogP contribution in [-0.2, 0) is 0 Å². The molecule has 3 N–H and O–H groups in total. The second-order valence-corrected chi connectivity index (χ2v) is 6.97. The van der Waals surface area contributed by atoms with Crippen molar-refractivity contribution in [3.8, 4) is 16.8 Å². The lowest BCUT2D eigenvalue weighted by Gasteiger charge is -2.08. The van der Waals surface area contributed by atoms with Crippen molar-refractivity contribution in [3.05, 3.63) is 103 Å². The van der Waals surface area contributed by atoms with Crippen LogP contribution in [0.3, 0.4) is 0 Å². The van der Waals surface area contributed by atoms with Crippen LogP contribution < -0.4 is 11.3 Å². The number of carbonyl (C=O) groups is 1. The molecule has 1 aromatic heterocycles. The van der Waals surface area contributed by atoms with Gasteiger partial charge in [0.25, 0.3) is 5.91 Å². The minimum Gasteiger partial charge on any atom is -0.309 e. The number of amides is 1. The van der Waals surface area contributed by atoms with Gasteiger partial charge in [-0.1, -0.05) is 54.6 Å². The molecule has 4 aromatic carbocycles. The molecule has 0 aliphatic rings. The Morgan fingerprint density at radius 1 is 0.690 bits per heavy atom. The first-order valence-corrected chi connectivity index (χ1v) is 9.46. The first-order valence-electron chi connectivity index (χ1n) is 9.46. The Kier molecular flexibility index (Phi) is 4.12. The van der Waals surface area contributed by atoms with Gasteiger partial charge in [-0.2, -0.15) is 0 Å². The zero-order chi connectivity index (χ0) is 19.8. The Balaban J connectivity index is 1.75. The van der Waals surface area contributed by atoms with E-state index in [9.17, 15) is 4.79 Å². The number of carbonyl (C=O) groups excluding carboxylic acids is 1. The highest BCUT2D eigenvalue weighted by Gasteiger charge is 2.13. The van der Waals surface area contributed by atoms with Gasteiger partial charge in [0.15, 0.2) is 0 Å². The van der Waals surface area contributed by atoms with Crippen LogP contribution in [0.1, 0.15) is 10.4 Å². The van der Waals surface area contributed by atoms with Crippen molar-refractivity contribution in [2.24, 2.45) is 5.84 Å². The van der Waals surface area contributed by atoms with Crippen LogP contribution in [0.5, 0.6) is 0 Å². The monoisotopic (exact) mass is 377 g/mol. The maximum absolute atomic E-state index is 11.9. The molecule has 4 heteroatoms. The number of hydrogen-bond acceptors (Lipinski definition) is 2. The Bertz CT molecular complexity index is 1350. The highest BCUT2D eigenvalue weighted by molar-refractivity contribution is 6.10. The molecule has 4 nitrogen and oxygen atoms in total. The summed E-state index contributed by atoms with van der Waals surface area (Å²) in [5.74, 6) is 4.99. The van der Waals surface area contributed by atoms with Crippen LogP contribution in [0.4, 0.5) is 0 Å². The molecular weight excluding hydrogens is 358 g/mol. The van der Waals surface area contributed by atoms with Gasteiger partial charge in [0.05, 0.1) is 11.0 Å². The minimum absolute atomic E-state index is 0.298. The number of aromatic nitrogens is 1. The molecule has 0 aliphatic carbocycles. The molecule has 0 unspecified atom stereocenters. The van der Waals surface area contributed by atoms with Crippen molar-refractivity contribution in [1.82, 2.24) is 9.99 Å². The fraction of sp³-hybridized carbons (Fsp3) is 0. The maximum atomic E-state index is 11.9. The van der Waals surface area contributed by atoms with Gasteiger partial charge in [-0.3, -0.25) is 10.2 Å². The van der Waals surface area contributed by atoms with E-state index in [-0.39, 0.29) is 5.91 Å². The number of nitrogen functional groups attached to an aromatic ring is 1. The predicted octanol–water partition coefficient (Wildman–Crippen LogP) is 5.05. The maximum Gasteiger partial charge on any atom is 0.265 e. The third-order valence-corrected chi connectivity index (χ3v) is 5.28. The van der Waals surface area contributed by atoms with Gasteiger partial charge in [-0.25, -0.2) is 5.84 Å². The molecule has 5 aromatic rings. The summed E-state index contributed by atoms with van der Waals surface area (Å²) in [6.07, 6.45) is 0. The molecule has 1 heterocycles. The predicted molar refractivity (Wildman–Crippen MR) is 118 cm³/mol. The van der Waals surface area contributed by atoms with Crippen molar-refractivity contribution in [2.45, 2.75) is 0 Å². The molecular formula is C25H19N3O. The summed E-state index contributed by atoms with van der Waals surface area (Å²) in [7, 11) is 0. The van der Waals surface area contributed by atoms with E-state index in [0.717, 1.165) is 22.3 Å². The van der Waals surface area contributed by atoms with E-state index >= 15 is 0 Å². The van der Waals surface area contributed by atoms with E-state index in [0.29, 0.717) is 5.56 Å². The van der Waals surface area contributed by atoms with E-state index in [1.54, 1.807) is 6.07 Å². The van der Waals surface area contributed by atoms with E-state index in [1.807, 2.05) is 24.3 Å². The van der Waals surface area contributed by atoms with Gasteiger partial charge < -0.3 is 4.57 Å². The van der Waals surface area contributed by atoms with Gasteiger partial charge in [-0.15, -0.1) is 0 Å². The number of para-hydroxylation sites is 2. The standard InChI is InChI=1S/C25H19N3O/c26-27-25(29)19-8-6-7-17(15-19)18-13-14-24-22(16-18)21-11-4-5-12-23(21)28(24)20-9-2-1-3-10-20/h1-16H,26H2,(H,27,29). The molecule has 29 heavy (non-hydrogen) atoms. The van der Waals surface area contributed by atoms with Crippen molar-refractivity contribution >= 4 is 27.7 Å². The number of nitrogens with one attached hydrogen (secondary N) is 1. The van der Waals surface area contributed by atoms with Crippen molar-refractivity contribution in [1.29, 1.82) is 0 Å². The van der Waals surface area contributed by atoms with Crippen molar-refractivity contribution < 1.29 is 4.79 Å². The second kappa shape index (κ2) is 6.93. The normalized spacial score (nSPS) is 11.1. The lowest BCUT2D eigenvalue weighted by molar-refractivity contribution is 0.0953. The lowest BCUT2D eigenvalue weighted by Crippen LogP contribution is -2.29. The van der Waals surface area contributed by atoms with Gasteiger partial charge >= 0.3 is 0 Å². The second-order valence-electron chi connectivity index (χ2n) is 6.97. The summed E-state index contributed by atoms with van der Waals surface area (Å²) >= 11 is 0. The van der Waals surface area contributed by atoms with E-state index < -0.39 is 0 Å². The number of nitrogens with two attached hydrogens (primary N) is 1. The zero-order valence-corrected chi connectivity index (χ0v) is 15.7. The van der Waals surface area contributed by atoms with Gasteiger partial charge in [0.1, 0.15) is 0 Å². The number of hydrogen-bond donors (Lipinski definition) is 2. The number of hydrazine groups is 1. The molecule has 0 aliphatic heterocycles. The molecule has 5 rings (SSSR count). The van der Waals surface area contributed by atoms with Crippen LogP contribution in [0, 0.1) is 0 Å². The third kappa shape index (κ3) is 2.87. The van der Waals surface area contributed by atoms with E-state index in [1.165, 1.54) is 16.3 Å². The van der Waals surface area contributed by atoms with Crippen LogP contribution >= 0.6 is 0 Å². The summed E-state index contributed by atoms with van der Waals surface area (Å²) in [6, 6.07) is 32.7. The number of fused-ring (bicyclic) bond motifs is 3. The molecule has 1 amide bonds. The molecule has 0 spiro atoms. The zero-order valence-electron chi connectivity index (χ0n) is 15.7. The fourth-order valence-corrected chi connectivity index (χ4v) is 3.93. The SMILES string of the molecule is NNC(=O)c1cccc(-c2ccc3c(c2)c2ccccc2n3-c2ccccc2)c1. The Morgan fingerprint density at radius 3 is 2.24 bits per heavy atom. The first kappa shape index (κ1) is 17.2. The van der Waals surface area contributed by atoms with E-state index in [4.69, 9.17) is 5.84 Å². The number of rotatable bonds is 3. The number of nitrogens with zero attached hydrogens (tertiary/aromatic N) is 1. The number of benzene rings is 4. The van der Waals surface area contributed by atoms with Crippen LogP contribution in [0.2, 0.25) is 0 Å². The first-order chi connectivity index (χ1) is 14.3. The van der Waals surface area contributed by atoms with Crippen LogP contribution in [0.15, 0.2) is 97.1 Å². The van der Waals surface area contributed by atoms with Gasteiger partial charge in [0.2, 0.25) is 0 Å². The topological polar surface area (TPSA) is 60.0 Å². The summed E-state index contributed by atoms with van der Waals surface area (Å²) in [5.41, 5.74) is 8.21. The molecule has 0 atom stereocenters. The molecule has 0 saturated carbocycles. The quantitative estimate of drug-likeness (QED) is 0.262. The Morgan fingerprint density at radius 2 is 1.41 bits per heavy atom. The Labute approximate surface area is 168 Å². The molecule has 0 fully saturated rings. The fourth-order valence-electron chi connectivity index (χ4n) is 3.93. The largest absolute Gasteiger partial charge is 0.309 e. The average molecular weight is 377 g/mol. The summed E-state index contributed by atoms with van der Waals surface area (Å²) in [4.78, 5) is 11.9. The molecule has 0 bridgehead atoms. The third-order valence-electron chi connectivity index (χ3n) is 5.28. The van der Waals surface area contributed by atoms with E-state index in [2.05, 4.69) is 76.7 Å². The summed E-state index contributed by atoms with van der Waals surface area (Å²) in [5, 5.41) is 2.37. The minimum atomic E-state index is -0.298. The van der Waals surface area contributed by atoms with Gasteiger partial charge in [-0.05, 0) is 53.6 Å². The van der Waals surface area contributed by atoms with Crippen molar-refractivity contribution in [2.75, 3.05) is 0 Å². The smallest absolute Gasteiger partial charge is 0.265 e.